The summed E-state index contributed by atoms with van der Waals surface area (Å²) < 4.78 is 57.4. The maximum Gasteiger partial charge on any atom is 0.258 e. The summed E-state index contributed by atoms with van der Waals surface area (Å²) >= 11 is 0. The smallest absolute Gasteiger partial charge is 0.258 e. The van der Waals surface area contributed by atoms with Crippen LogP contribution in [-0.2, 0) is 21.4 Å². The lowest BCUT2D eigenvalue weighted by Crippen LogP contribution is -2.31. The van der Waals surface area contributed by atoms with Gasteiger partial charge in [0.25, 0.3) is 5.91 Å². The highest BCUT2D eigenvalue weighted by molar-refractivity contribution is 7.92. The highest BCUT2D eigenvalue weighted by Crippen LogP contribution is 2.24. The Morgan fingerprint density at radius 1 is 0.939 bits per heavy atom. The molecule has 1 N–H and O–H groups in total. The van der Waals surface area contributed by atoms with E-state index in [0.717, 1.165) is 11.8 Å². The molecule has 0 aliphatic rings. The average molecular weight is 475 g/mol. The van der Waals surface area contributed by atoms with Gasteiger partial charge in [-0.25, -0.2) is 17.2 Å². The summed E-state index contributed by atoms with van der Waals surface area (Å²) in [6.07, 6.45) is 1.09. The maximum absolute atomic E-state index is 13.1. The molecular weight excluding hydrogens is 450 g/mol. The van der Waals surface area contributed by atoms with Crippen LogP contribution in [0.5, 0.6) is 5.75 Å². The molecule has 3 aromatic rings. The van der Waals surface area contributed by atoms with E-state index >= 15 is 0 Å². The van der Waals surface area contributed by atoms with Crippen molar-refractivity contribution in [1.29, 1.82) is 0 Å². The number of nitrogens with one attached hydrogen (secondary N) is 1. The first-order valence-electron chi connectivity index (χ1n) is 10.1. The summed E-state index contributed by atoms with van der Waals surface area (Å²) in [6, 6.07) is 17.4. The number of nitrogens with zero attached hydrogens (tertiary/aromatic N) is 1. The molecule has 0 aliphatic carbocycles. The van der Waals surface area contributed by atoms with Crippen LogP contribution in [0, 0.1) is 11.6 Å². The molecule has 0 aromatic heterocycles. The summed E-state index contributed by atoms with van der Waals surface area (Å²) in [4.78, 5) is 12.2. The van der Waals surface area contributed by atoms with Crippen LogP contribution in [0.4, 0.5) is 14.5 Å². The lowest BCUT2D eigenvalue weighted by Gasteiger charge is -2.23. The van der Waals surface area contributed by atoms with E-state index in [4.69, 9.17) is 4.74 Å². The molecule has 0 heterocycles. The first-order valence-corrected chi connectivity index (χ1v) is 12.0. The van der Waals surface area contributed by atoms with E-state index < -0.39 is 15.8 Å². The predicted molar refractivity (Wildman–Crippen MR) is 122 cm³/mol. The van der Waals surface area contributed by atoms with Crippen LogP contribution in [0.15, 0.2) is 72.8 Å². The van der Waals surface area contributed by atoms with E-state index in [1.807, 2.05) is 0 Å². The molecule has 3 aromatic carbocycles. The third-order valence-electron chi connectivity index (χ3n) is 4.88. The summed E-state index contributed by atoms with van der Waals surface area (Å²) in [5.74, 6) is -0.720. The quantitative estimate of drug-likeness (QED) is 0.505. The van der Waals surface area contributed by atoms with E-state index in [1.165, 1.54) is 40.7 Å². The summed E-state index contributed by atoms with van der Waals surface area (Å²) in [5, 5.41) is 2.77. The van der Waals surface area contributed by atoms with Crippen molar-refractivity contribution in [3.8, 4) is 5.75 Å². The second-order valence-electron chi connectivity index (χ2n) is 7.52. The largest absolute Gasteiger partial charge is 0.484 e. The van der Waals surface area contributed by atoms with Crippen LogP contribution in [0.3, 0.4) is 0 Å². The van der Waals surface area contributed by atoms with Gasteiger partial charge in [0.15, 0.2) is 6.61 Å². The predicted octanol–water partition coefficient (Wildman–Crippen LogP) is 4.19. The van der Waals surface area contributed by atoms with Crippen molar-refractivity contribution >= 4 is 21.6 Å². The van der Waals surface area contributed by atoms with Gasteiger partial charge in [-0.2, -0.15) is 0 Å². The highest BCUT2D eigenvalue weighted by atomic mass is 32.2. The lowest BCUT2D eigenvalue weighted by atomic mass is 10.1. The molecule has 9 heteroatoms. The number of halogens is 2. The Hall–Kier alpha value is -3.46. The molecule has 174 valence electrons. The van der Waals surface area contributed by atoms with Crippen molar-refractivity contribution in [1.82, 2.24) is 5.32 Å². The topological polar surface area (TPSA) is 75.7 Å². The molecule has 3 rings (SSSR count). The Labute approximate surface area is 191 Å². The molecule has 0 fully saturated rings. The molecule has 1 atom stereocenters. The fourth-order valence-electron chi connectivity index (χ4n) is 3.13. The van der Waals surface area contributed by atoms with E-state index in [1.54, 1.807) is 43.3 Å². The van der Waals surface area contributed by atoms with Crippen molar-refractivity contribution in [2.24, 2.45) is 0 Å². The molecule has 0 saturated carbocycles. The Balaban J connectivity index is 1.60. The highest BCUT2D eigenvalue weighted by Gasteiger charge is 2.18. The normalized spacial score (nSPS) is 12.1. The van der Waals surface area contributed by atoms with Crippen molar-refractivity contribution in [2.75, 3.05) is 17.2 Å². The second kappa shape index (κ2) is 10.4. The van der Waals surface area contributed by atoms with E-state index in [-0.39, 0.29) is 30.9 Å². The number of sulfonamides is 1. The molecule has 0 aliphatic heterocycles. The Kier molecular flexibility index (Phi) is 7.65. The summed E-state index contributed by atoms with van der Waals surface area (Å²) in [5.41, 5.74) is 1.80. The van der Waals surface area contributed by atoms with Crippen LogP contribution >= 0.6 is 0 Å². The Morgan fingerprint density at radius 2 is 1.48 bits per heavy atom. The number of ether oxygens (including phenoxy) is 1. The van der Waals surface area contributed by atoms with Gasteiger partial charge in [-0.3, -0.25) is 9.10 Å². The molecule has 0 bridgehead atoms. The zero-order chi connectivity index (χ0) is 24.0. The number of anilines is 1. The van der Waals surface area contributed by atoms with E-state index in [9.17, 15) is 22.0 Å². The molecular formula is C24H24F2N2O4S. The number of carbonyl (C=O) groups is 1. The van der Waals surface area contributed by atoms with Gasteiger partial charge in [0.1, 0.15) is 17.4 Å². The zero-order valence-corrected chi connectivity index (χ0v) is 19.0. The standard InChI is InChI=1S/C24H24F2N2O4S/c1-17(19-5-9-21(26)10-6-19)27-24(29)16-32-23-13-11-22(12-14-23)28(33(2,30)31)15-18-3-7-20(25)8-4-18/h3-14,17H,15-16H2,1-2H3,(H,27,29). The third-order valence-corrected chi connectivity index (χ3v) is 6.02. The first-order chi connectivity index (χ1) is 15.6. The van der Waals surface area contributed by atoms with E-state index in [0.29, 0.717) is 17.0 Å². The summed E-state index contributed by atoms with van der Waals surface area (Å²) in [6.45, 7) is 1.58. The fraction of sp³-hybridized carbons (Fsp3) is 0.208. The van der Waals surface area contributed by atoms with Crippen LogP contribution < -0.4 is 14.4 Å². The maximum atomic E-state index is 13.1. The lowest BCUT2D eigenvalue weighted by molar-refractivity contribution is -0.123. The Morgan fingerprint density at radius 3 is 2.03 bits per heavy atom. The molecule has 33 heavy (non-hydrogen) atoms. The van der Waals surface area contributed by atoms with Crippen LogP contribution in [0.1, 0.15) is 24.1 Å². The SMILES string of the molecule is CC(NC(=O)COc1ccc(N(Cc2ccc(F)cc2)S(C)(=O)=O)cc1)c1ccc(F)cc1. The number of rotatable bonds is 9. The third kappa shape index (κ3) is 7.01. The van der Waals surface area contributed by atoms with Crippen molar-refractivity contribution in [2.45, 2.75) is 19.5 Å². The van der Waals surface area contributed by atoms with Crippen LogP contribution in [0.25, 0.3) is 0 Å². The molecule has 6 nitrogen and oxygen atoms in total. The number of hydrogen-bond acceptors (Lipinski definition) is 4. The summed E-state index contributed by atoms with van der Waals surface area (Å²) in [7, 11) is -3.60. The van der Waals surface area contributed by atoms with Gasteiger partial charge in [0, 0.05) is 0 Å². The molecule has 1 unspecified atom stereocenters. The van der Waals surface area contributed by atoms with E-state index in [2.05, 4.69) is 5.32 Å². The molecule has 1 amide bonds. The van der Waals surface area contributed by atoms with Gasteiger partial charge >= 0.3 is 0 Å². The minimum atomic E-state index is -3.60. The zero-order valence-electron chi connectivity index (χ0n) is 18.2. The molecule has 0 spiro atoms. The first kappa shape index (κ1) is 24.2. The fourth-order valence-corrected chi connectivity index (χ4v) is 4.02. The average Bonchev–Trinajstić information content (AvgIpc) is 2.77. The van der Waals surface area contributed by atoms with Gasteiger partial charge in [-0.05, 0) is 66.6 Å². The number of benzene rings is 3. The number of hydrogen-bond donors (Lipinski definition) is 1. The van der Waals surface area contributed by atoms with Crippen molar-refractivity contribution < 1.29 is 26.7 Å². The van der Waals surface area contributed by atoms with Gasteiger partial charge in [0.05, 0.1) is 24.5 Å². The minimum absolute atomic E-state index is 0.0446. The van der Waals surface area contributed by atoms with Gasteiger partial charge < -0.3 is 10.1 Å². The molecule has 0 radical (unpaired) electrons. The van der Waals surface area contributed by atoms with Gasteiger partial charge in [-0.1, -0.05) is 24.3 Å². The van der Waals surface area contributed by atoms with Crippen molar-refractivity contribution in [3.63, 3.8) is 0 Å². The van der Waals surface area contributed by atoms with Crippen molar-refractivity contribution in [3.05, 3.63) is 95.6 Å². The van der Waals surface area contributed by atoms with Gasteiger partial charge in [0.2, 0.25) is 10.0 Å². The number of carbonyl (C=O) groups excluding carboxylic acids is 1. The Bertz CT molecular complexity index is 1180. The second-order valence-corrected chi connectivity index (χ2v) is 9.43. The van der Waals surface area contributed by atoms with Crippen LogP contribution in [0.2, 0.25) is 0 Å². The number of amides is 1. The molecule has 0 saturated heterocycles. The van der Waals surface area contributed by atoms with Gasteiger partial charge in [-0.15, -0.1) is 0 Å². The monoisotopic (exact) mass is 474 g/mol. The van der Waals surface area contributed by atoms with Crippen LogP contribution in [-0.4, -0.2) is 27.2 Å². The minimum Gasteiger partial charge on any atom is -0.484 e.